The third-order valence-electron chi connectivity index (χ3n) is 11.3. The van der Waals surface area contributed by atoms with E-state index in [1.807, 2.05) is 42.3 Å². The molecule has 4 aromatic rings. The van der Waals surface area contributed by atoms with Crippen LogP contribution in [0.1, 0.15) is 90.4 Å². The molecule has 3 N–H and O–H groups in total. The number of nitrogens with zero attached hydrogens (tertiary/aromatic N) is 8. The first-order valence-electron chi connectivity index (χ1n) is 19.5. The number of likely N-dealkylation sites (tertiary alicyclic amines) is 1. The molecular weight excluding hydrogens is 699 g/mol. The molecule has 0 spiro atoms. The van der Waals surface area contributed by atoms with Crippen molar-refractivity contribution in [3.05, 3.63) is 71.4 Å². The highest BCUT2D eigenvalue weighted by molar-refractivity contribution is 6.01. The zero-order valence-corrected chi connectivity index (χ0v) is 31.5. The maximum atomic E-state index is 13.3. The van der Waals surface area contributed by atoms with Crippen molar-refractivity contribution in [2.45, 2.75) is 76.7 Å². The molecule has 15 heteroatoms. The van der Waals surface area contributed by atoms with E-state index in [-0.39, 0.29) is 53.6 Å². The Labute approximate surface area is 319 Å². The second kappa shape index (κ2) is 14.3. The Bertz CT molecular complexity index is 2140. The average molecular weight is 746 g/mol. The normalized spacial score (nSPS) is 21.0. The molecule has 0 unspecified atom stereocenters. The Balaban J connectivity index is 0.943. The number of carbonyl (C=O) groups is 3. The van der Waals surface area contributed by atoms with Crippen LogP contribution in [0.15, 0.2) is 48.7 Å². The van der Waals surface area contributed by atoms with Gasteiger partial charge in [0, 0.05) is 68.9 Å². The van der Waals surface area contributed by atoms with Gasteiger partial charge in [-0.25, -0.2) is 4.98 Å². The molecule has 0 bridgehead atoms. The van der Waals surface area contributed by atoms with Gasteiger partial charge in [-0.15, -0.1) is 10.2 Å². The van der Waals surface area contributed by atoms with Crippen LogP contribution in [0.25, 0.3) is 11.1 Å². The highest BCUT2D eigenvalue weighted by atomic mass is 16.5. The topological polar surface area (TPSA) is 163 Å². The number of fused-ring (bicyclic) bond motifs is 3. The van der Waals surface area contributed by atoms with Crippen LogP contribution in [0.2, 0.25) is 0 Å². The number of nitrogens with one attached hydrogen (secondary N) is 3. The summed E-state index contributed by atoms with van der Waals surface area (Å²) in [6, 6.07) is 13.9. The minimum Gasteiger partial charge on any atom is -0.375 e. The van der Waals surface area contributed by atoms with E-state index < -0.39 is 0 Å². The van der Waals surface area contributed by atoms with Crippen molar-refractivity contribution < 1.29 is 19.1 Å². The van der Waals surface area contributed by atoms with E-state index in [2.05, 4.69) is 60.7 Å². The average Bonchev–Trinajstić information content (AvgIpc) is 4.12. The van der Waals surface area contributed by atoms with Crippen molar-refractivity contribution in [3.8, 4) is 11.1 Å². The summed E-state index contributed by atoms with van der Waals surface area (Å²) in [5.41, 5.74) is 7.15. The number of carbonyl (C=O) groups excluding carboxylic acids is 3. The second-order valence-corrected chi connectivity index (χ2v) is 15.5. The van der Waals surface area contributed by atoms with Crippen LogP contribution >= 0.6 is 0 Å². The van der Waals surface area contributed by atoms with Gasteiger partial charge in [-0.2, -0.15) is 5.10 Å². The smallest absolute Gasteiger partial charge is 0.274 e. The zero-order valence-electron chi connectivity index (χ0n) is 31.5. The molecule has 0 radical (unpaired) electrons. The summed E-state index contributed by atoms with van der Waals surface area (Å²) in [4.78, 5) is 50.3. The lowest BCUT2D eigenvalue weighted by atomic mass is 9.91. The SMILES string of the molecule is CC[C@H]1c2c(cnn2C2CN(Cc3cccc(C(=O)N4CCO[C@H](C)C4)n3)C2)-c2cccc(Nc3cc(NC(=O)C4CC4)nnc3C(=O)NC3CC3)c2N1C. The highest BCUT2D eigenvalue weighted by Crippen LogP contribution is 2.50. The Hall–Kier alpha value is -5.41. The summed E-state index contributed by atoms with van der Waals surface area (Å²) in [7, 11) is 2.11. The summed E-state index contributed by atoms with van der Waals surface area (Å²) in [5, 5.41) is 22.9. The first kappa shape index (κ1) is 35.3. The summed E-state index contributed by atoms with van der Waals surface area (Å²) >= 11 is 0. The molecule has 3 aromatic heterocycles. The summed E-state index contributed by atoms with van der Waals surface area (Å²) in [6.07, 6.45) is 6.50. The number of para-hydroxylation sites is 1. The maximum absolute atomic E-state index is 13.3. The molecule has 9 rings (SSSR count). The molecule has 3 amide bonds. The highest BCUT2D eigenvalue weighted by Gasteiger charge is 2.39. The van der Waals surface area contributed by atoms with Gasteiger partial charge in [-0.1, -0.05) is 25.1 Å². The number of rotatable bonds is 11. The van der Waals surface area contributed by atoms with E-state index in [9.17, 15) is 14.4 Å². The Morgan fingerprint density at radius 2 is 1.78 bits per heavy atom. The molecule has 2 atom stereocenters. The van der Waals surface area contributed by atoms with Gasteiger partial charge in [0.15, 0.2) is 11.5 Å². The van der Waals surface area contributed by atoms with E-state index in [0.29, 0.717) is 43.4 Å². The fourth-order valence-electron chi connectivity index (χ4n) is 8.07. The van der Waals surface area contributed by atoms with Gasteiger partial charge in [0.1, 0.15) is 5.69 Å². The fourth-order valence-corrected chi connectivity index (χ4v) is 8.07. The first-order valence-corrected chi connectivity index (χ1v) is 19.5. The van der Waals surface area contributed by atoms with E-state index in [4.69, 9.17) is 14.8 Å². The summed E-state index contributed by atoms with van der Waals surface area (Å²) in [6.45, 7) is 8.18. The van der Waals surface area contributed by atoms with E-state index in [1.54, 1.807) is 12.1 Å². The molecular formula is C40H47N11O4. The van der Waals surface area contributed by atoms with Crippen molar-refractivity contribution in [1.82, 2.24) is 40.1 Å². The lowest BCUT2D eigenvalue weighted by molar-refractivity contribution is -0.117. The molecule has 1 aromatic carbocycles. The van der Waals surface area contributed by atoms with Crippen LogP contribution in [0.5, 0.6) is 0 Å². The maximum Gasteiger partial charge on any atom is 0.274 e. The van der Waals surface area contributed by atoms with Crippen molar-refractivity contribution in [1.29, 1.82) is 0 Å². The number of hydrogen-bond donors (Lipinski definition) is 3. The lowest BCUT2D eigenvalue weighted by Crippen LogP contribution is -2.48. The monoisotopic (exact) mass is 745 g/mol. The number of anilines is 4. The van der Waals surface area contributed by atoms with E-state index in [1.165, 1.54) is 5.69 Å². The van der Waals surface area contributed by atoms with Gasteiger partial charge in [0.25, 0.3) is 11.8 Å². The number of ether oxygens (including phenoxy) is 1. The van der Waals surface area contributed by atoms with Crippen LogP contribution in [0.3, 0.4) is 0 Å². The molecule has 286 valence electrons. The largest absolute Gasteiger partial charge is 0.375 e. The standard InChI is InChI=1S/C40H47N11O4/c1-4-33-37-29(18-41-51(37)27-21-49(22-27)20-26-7-5-10-31(42-26)40(54)50-15-16-55-23(2)19-50)28-8-6-9-30(36(28)48(33)3)44-32-17-34(45-38(52)24-11-12-24)46-47-35(32)39(53)43-25-13-14-25/h5-10,17-18,23-25,27,33H,4,11-16,19-22H2,1-3H3,(H,43,53)(H2,44,45,46,52)/t23-,33+/m1/s1. The lowest BCUT2D eigenvalue weighted by Gasteiger charge is -2.43. The molecule has 2 saturated carbocycles. The second-order valence-electron chi connectivity index (χ2n) is 15.5. The van der Waals surface area contributed by atoms with Crippen molar-refractivity contribution in [2.24, 2.45) is 5.92 Å². The Morgan fingerprint density at radius 3 is 2.55 bits per heavy atom. The number of benzene rings is 1. The van der Waals surface area contributed by atoms with Crippen LogP contribution < -0.4 is 20.9 Å². The number of morpholine rings is 1. The first-order chi connectivity index (χ1) is 26.7. The van der Waals surface area contributed by atoms with Gasteiger partial charge < -0.3 is 30.5 Å². The Morgan fingerprint density at radius 1 is 0.964 bits per heavy atom. The number of aromatic nitrogens is 5. The van der Waals surface area contributed by atoms with E-state index >= 15 is 0 Å². The third kappa shape index (κ3) is 7.02. The zero-order chi connectivity index (χ0) is 37.8. The number of pyridine rings is 1. The van der Waals surface area contributed by atoms with Crippen molar-refractivity contribution in [2.75, 3.05) is 55.4 Å². The van der Waals surface area contributed by atoms with Gasteiger partial charge >= 0.3 is 0 Å². The minimum atomic E-state index is -0.292. The molecule has 5 aliphatic rings. The number of hydrogen-bond acceptors (Lipinski definition) is 11. The molecule has 2 aliphatic carbocycles. The minimum absolute atomic E-state index is 0.00544. The Kier molecular flexibility index (Phi) is 9.21. The van der Waals surface area contributed by atoms with Gasteiger partial charge in [-0.3, -0.25) is 24.0 Å². The van der Waals surface area contributed by atoms with Gasteiger partial charge in [0.2, 0.25) is 5.91 Å². The quantitative estimate of drug-likeness (QED) is 0.198. The van der Waals surface area contributed by atoms with E-state index in [0.717, 1.165) is 73.4 Å². The summed E-state index contributed by atoms with van der Waals surface area (Å²) in [5.74, 6) is -0.0988. The molecule has 15 nitrogen and oxygen atoms in total. The van der Waals surface area contributed by atoms with Crippen LogP contribution in [0.4, 0.5) is 22.9 Å². The predicted molar refractivity (Wildman–Crippen MR) is 206 cm³/mol. The van der Waals surface area contributed by atoms with Crippen LogP contribution in [0, 0.1) is 5.92 Å². The molecule has 4 fully saturated rings. The molecule has 55 heavy (non-hydrogen) atoms. The third-order valence-corrected chi connectivity index (χ3v) is 11.3. The summed E-state index contributed by atoms with van der Waals surface area (Å²) < 4.78 is 7.82. The van der Waals surface area contributed by atoms with Gasteiger partial charge in [-0.05, 0) is 57.2 Å². The van der Waals surface area contributed by atoms with Gasteiger partial charge in [0.05, 0.1) is 59.4 Å². The number of amides is 3. The van der Waals surface area contributed by atoms with Crippen molar-refractivity contribution in [3.63, 3.8) is 0 Å². The molecule has 6 heterocycles. The van der Waals surface area contributed by atoms with Crippen LogP contribution in [-0.4, -0.2) is 104 Å². The molecule has 2 saturated heterocycles. The fraction of sp³-hybridized carbons (Fsp3) is 0.475. The van der Waals surface area contributed by atoms with Crippen LogP contribution in [-0.2, 0) is 16.1 Å². The molecule has 3 aliphatic heterocycles. The predicted octanol–water partition coefficient (Wildman–Crippen LogP) is 4.54. The van der Waals surface area contributed by atoms with Crippen molar-refractivity contribution >= 4 is 40.6 Å².